The quantitative estimate of drug-likeness (QED) is 0.825. The topological polar surface area (TPSA) is 66.8 Å². The van der Waals surface area contributed by atoms with E-state index < -0.39 is 5.97 Å². The molecular formula is C14H23NO4. The molecule has 5 heteroatoms. The Bertz CT molecular complexity index is 366. The van der Waals surface area contributed by atoms with Gasteiger partial charge in [0.25, 0.3) is 0 Å². The number of morpholine rings is 1. The van der Waals surface area contributed by atoms with E-state index in [1.165, 1.54) is 0 Å². The average Bonchev–Trinajstić information content (AvgIpc) is 2.37. The summed E-state index contributed by atoms with van der Waals surface area (Å²) in [6.45, 7) is 5.74. The first kappa shape index (κ1) is 14.3. The smallest absolute Gasteiger partial charge is 0.306 e. The van der Waals surface area contributed by atoms with Crippen LogP contribution in [0.25, 0.3) is 0 Å². The van der Waals surface area contributed by atoms with E-state index in [1.54, 1.807) is 0 Å². The van der Waals surface area contributed by atoms with Crippen LogP contribution in [0.5, 0.6) is 0 Å². The molecule has 2 rings (SSSR count). The van der Waals surface area contributed by atoms with Crippen LogP contribution in [-0.2, 0) is 14.3 Å². The van der Waals surface area contributed by atoms with Crippen LogP contribution in [0, 0.1) is 11.8 Å². The molecule has 0 unspecified atom stereocenters. The molecule has 2 aliphatic rings. The van der Waals surface area contributed by atoms with E-state index in [9.17, 15) is 9.59 Å². The predicted molar refractivity (Wildman–Crippen MR) is 69.7 cm³/mol. The molecule has 1 saturated carbocycles. The van der Waals surface area contributed by atoms with Crippen molar-refractivity contribution in [3.63, 3.8) is 0 Å². The van der Waals surface area contributed by atoms with E-state index in [1.807, 2.05) is 18.7 Å². The molecular weight excluding hydrogens is 246 g/mol. The Kier molecular flexibility index (Phi) is 4.13. The molecule has 1 heterocycles. The SMILES string of the molecule is CC1(C)CN(C(=O)[C@H]2CCC[C@@H](C(=O)O)C2)CCO1. The van der Waals surface area contributed by atoms with Crippen molar-refractivity contribution in [2.75, 3.05) is 19.7 Å². The highest BCUT2D eigenvalue weighted by Gasteiger charge is 2.36. The molecule has 1 saturated heterocycles. The number of carboxylic acids is 1. The Morgan fingerprint density at radius 2 is 1.95 bits per heavy atom. The zero-order chi connectivity index (χ0) is 14.0. The van der Waals surface area contributed by atoms with Crippen LogP contribution in [0.3, 0.4) is 0 Å². The van der Waals surface area contributed by atoms with Crippen molar-refractivity contribution in [1.82, 2.24) is 4.90 Å². The Morgan fingerprint density at radius 3 is 2.58 bits per heavy atom. The van der Waals surface area contributed by atoms with Gasteiger partial charge in [0.05, 0.1) is 18.1 Å². The summed E-state index contributed by atoms with van der Waals surface area (Å²) in [6, 6.07) is 0. The van der Waals surface area contributed by atoms with Gasteiger partial charge in [-0.05, 0) is 33.1 Å². The van der Waals surface area contributed by atoms with Crippen molar-refractivity contribution in [3.8, 4) is 0 Å². The summed E-state index contributed by atoms with van der Waals surface area (Å²) in [5, 5.41) is 9.09. The van der Waals surface area contributed by atoms with Crippen LogP contribution >= 0.6 is 0 Å². The number of aliphatic carboxylic acids is 1. The fourth-order valence-electron chi connectivity index (χ4n) is 3.10. The van der Waals surface area contributed by atoms with Crippen molar-refractivity contribution < 1.29 is 19.4 Å². The largest absolute Gasteiger partial charge is 0.481 e. The van der Waals surface area contributed by atoms with Gasteiger partial charge in [-0.25, -0.2) is 0 Å². The molecule has 2 atom stereocenters. The number of nitrogens with zero attached hydrogens (tertiary/aromatic N) is 1. The van der Waals surface area contributed by atoms with Gasteiger partial charge >= 0.3 is 5.97 Å². The molecule has 0 radical (unpaired) electrons. The van der Waals surface area contributed by atoms with Gasteiger partial charge in [0, 0.05) is 19.0 Å². The monoisotopic (exact) mass is 269 g/mol. The van der Waals surface area contributed by atoms with Gasteiger partial charge in [0.2, 0.25) is 5.91 Å². The molecule has 1 N–H and O–H groups in total. The zero-order valence-electron chi connectivity index (χ0n) is 11.7. The Morgan fingerprint density at radius 1 is 1.26 bits per heavy atom. The summed E-state index contributed by atoms with van der Waals surface area (Å²) in [4.78, 5) is 25.4. The second kappa shape index (κ2) is 5.49. The summed E-state index contributed by atoms with van der Waals surface area (Å²) in [6.07, 6.45) is 2.85. The third-order valence-corrected chi connectivity index (χ3v) is 4.11. The Hall–Kier alpha value is -1.10. The Labute approximate surface area is 113 Å². The van der Waals surface area contributed by atoms with Crippen LogP contribution in [0.2, 0.25) is 0 Å². The molecule has 0 aromatic carbocycles. The number of carbonyl (C=O) groups is 2. The first-order valence-corrected chi connectivity index (χ1v) is 7.04. The van der Waals surface area contributed by atoms with E-state index in [2.05, 4.69) is 0 Å². The van der Waals surface area contributed by atoms with E-state index in [0.29, 0.717) is 32.5 Å². The van der Waals surface area contributed by atoms with Crippen molar-refractivity contribution in [2.45, 2.75) is 45.1 Å². The maximum absolute atomic E-state index is 12.5. The highest BCUT2D eigenvalue weighted by molar-refractivity contribution is 5.80. The number of ether oxygens (including phenoxy) is 1. The van der Waals surface area contributed by atoms with Gasteiger partial charge < -0.3 is 14.7 Å². The second-order valence-corrected chi connectivity index (χ2v) is 6.27. The average molecular weight is 269 g/mol. The summed E-state index contributed by atoms with van der Waals surface area (Å²) < 4.78 is 5.60. The van der Waals surface area contributed by atoms with E-state index >= 15 is 0 Å². The molecule has 0 aromatic heterocycles. The van der Waals surface area contributed by atoms with Crippen LogP contribution in [0.15, 0.2) is 0 Å². The number of hydrogen-bond acceptors (Lipinski definition) is 3. The molecule has 0 bridgehead atoms. The minimum atomic E-state index is -0.764. The fraction of sp³-hybridized carbons (Fsp3) is 0.857. The van der Waals surface area contributed by atoms with Crippen LogP contribution < -0.4 is 0 Å². The van der Waals surface area contributed by atoms with E-state index in [-0.39, 0.29) is 23.3 Å². The fourth-order valence-corrected chi connectivity index (χ4v) is 3.10. The standard InChI is InChI=1S/C14H23NO4/c1-14(2)9-15(6-7-19-14)12(16)10-4-3-5-11(8-10)13(17)18/h10-11H,3-9H2,1-2H3,(H,17,18)/t10-,11+/m0/s1. The first-order chi connectivity index (χ1) is 8.89. The number of hydrogen-bond donors (Lipinski definition) is 1. The van der Waals surface area contributed by atoms with Gasteiger partial charge in [-0.2, -0.15) is 0 Å². The summed E-state index contributed by atoms with van der Waals surface area (Å²) in [7, 11) is 0. The highest BCUT2D eigenvalue weighted by Crippen LogP contribution is 2.31. The Balaban J connectivity index is 1.97. The number of carboxylic acid groups (broad SMARTS) is 1. The van der Waals surface area contributed by atoms with Crippen molar-refractivity contribution in [2.24, 2.45) is 11.8 Å². The number of amides is 1. The van der Waals surface area contributed by atoms with Crippen LogP contribution in [0.1, 0.15) is 39.5 Å². The predicted octanol–water partition coefficient (Wildman–Crippen LogP) is 1.51. The second-order valence-electron chi connectivity index (χ2n) is 6.27. The molecule has 0 spiro atoms. The molecule has 5 nitrogen and oxygen atoms in total. The molecule has 1 aliphatic heterocycles. The zero-order valence-corrected chi connectivity index (χ0v) is 11.7. The molecule has 1 amide bonds. The third kappa shape index (κ3) is 3.47. The summed E-state index contributed by atoms with van der Waals surface area (Å²) in [5.74, 6) is -1.12. The molecule has 2 fully saturated rings. The lowest BCUT2D eigenvalue weighted by molar-refractivity contribution is -0.153. The van der Waals surface area contributed by atoms with E-state index in [4.69, 9.17) is 9.84 Å². The van der Waals surface area contributed by atoms with Gasteiger partial charge in [0.1, 0.15) is 0 Å². The normalized spacial score (nSPS) is 30.9. The maximum Gasteiger partial charge on any atom is 0.306 e. The van der Waals surface area contributed by atoms with E-state index in [0.717, 1.165) is 12.8 Å². The summed E-state index contributed by atoms with van der Waals surface area (Å²) >= 11 is 0. The lowest BCUT2D eigenvalue weighted by atomic mass is 9.80. The van der Waals surface area contributed by atoms with Crippen molar-refractivity contribution in [3.05, 3.63) is 0 Å². The minimum absolute atomic E-state index is 0.113. The molecule has 0 aromatic rings. The molecule has 1 aliphatic carbocycles. The van der Waals surface area contributed by atoms with Crippen molar-refractivity contribution >= 4 is 11.9 Å². The third-order valence-electron chi connectivity index (χ3n) is 4.11. The lowest BCUT2D eigenvalue weighted by Gasteiger charge is -2.40. The number of rotatable bonds is 2. The van der Waals surface area contributed by atoms with Gasteiger partial charge in [-0.1, -0.05) is 6.42 Å². The molecule has 108 valence electrons. The molecule has 19 heavy (non-hydrogen) atoms. The lowest BCUT2D eigenvalue weighted by Crippen LogP contribution is -2.52. The van der Waals surface area contributed by atoms with Gasteiger partial charge in [-0.3, -0.25) is 9.59 Å². The van der Waals surface area contributed by atoms with Crippen LogP contribution in [0.4, 0.5) is 0 Å². The number of carbonyl (C=O) groups excluding carboxylic acids is 1. The van der Waals surface area contributed by atoms with Gasteiger partial charge in [0.15, 0.2) is 0 Å². The van der Waals surface area contributed by atoms with Gasteiger partial charge in [-0.15, -0.1) is 0 Å². The van der Waals surface area contributed by atoms with Crippen LogP contribution in [-0.4, -0.2) is 47.2 Å². The maximum atomic E-state index is 12.5. The first-order valence-electron chi connectivity index (χ1n) is 7.04. The minimum Gasteiger partial charge on any atom is -0.481 e. The summed E-state index contributed by atoms with van der Waals surface area (Å²) in [5.41, 5.74) is -0.297. The van der Waals surface area contributed by atoms with Crippen molar-refractivity contribution in [1.29, 1.82) is 0 Å². The highest BCUT2D eigenvalue weighted by atomic mass is 16.5.